The molecule has 0 fully saturated rings. The summed E-state index contributed by atoms with van der Waals surface area (Å²) in [5.41, 5.74) is 9.64. The first-order chi connectivity index (χ1) is 15.2. The molecule has 32 heavy (non-hydrogen) atoms. The van der Waals surface area contributed by atoms with Gasteiger partial charge in [-0.25, -0.2) is 9.98 Å². The molecule has 0 unspecified atom stereocenters. The molecule has 0 amide bonds. The van der Waals surface area contributed by atoms with Crippen LogP contribution in [0.1, 0.15) is 47.5 Å². The summed E-state index contributed by atoms with van der Waals surface area (Å²) >= 11 is 6.62. The van der Waals surface area contributed by atoms with E-state index in [-0.39, 0.29) is 13.1 Å². The molecule has 0 aliphatic heterocycles. The quantitative estimate of drug-likeness (QED) is 0.246. The topological polar surface area (TPSA) is 37.6 Å². The van der Waals surface area contributed by atoms with Gasteiger partial charge in [-0.15, -0.1) is 0 Å². The molecule has 7 heteroatoms. The summed E-state index contributed by atoms with van der Waals surface area (Å²) < 4.78 is 0. The first kappa shape index (κ1) is 26.6. The number of halogens is 3. The second kappa shape index (κ2) is 12.5. The third-order valence-corrected chi connectivity index (χ3v) is 5.18. The molecule has 0 radical (unpaired) electrons. The van der Waals surface area contributed by atoms with Crippen LogP contribution in [0.5, 0.6) is 0 Å². The van der Waals surface area contributed by atoms with E-state index in [4.69, 9.17) is 46.8 Å². The molecule has 0 atom stereocenters. The number of aliphatic imine (C=N–C) groups is 2. The molecule has 1 heterocycles. The minimum atomic E-state index is 0.194. The Kier molecular flexibility index (Phi) is 10.4. The van der Waals surface area contributed by atoms with Gasteiger partial charge in [-0.05, 0) is 82.0 Å². The predicted molar refractivity (Wildman–Crippen MR) is 137 cm³/mol. The fourth-order valence-corrected chi connectivity index (χ4v) is 3.68. The summed E-state index contributed by atoms with van der Waals surface area (Å²) in [6.07, 6.45) is 0. The normalized spacial score (nSPS) is 11.9. The summed E-state index contributed by atoms with van der Waals surface area (Å²) in [5, 5.41) is 0.658. The zero-order valence-electron chi connectivity index (χ0n) is 18.9. The van der Waals surface area contributed by atoms with E-state index in [2.05, 4.69) is 38.1 Å². The number of pyridine rings is 1. The Bertz CT molecular complexity index is 1110. The van der Waals surface area contributed by atoms with E-state index in [0.717, 1.165) is 56.4 Å². The average molecular weight is 531 g/mol. The van der Waals surface area contributed by atoms with Crippen molar-refractivity contribution in [3.63, 3.8) is 0 Å². The van der Waals surface area contributed by atoms with Crippen molar-refractivity contribution in [2.75, 3.05) is 0 Å². The van der Waals surface area contributed by atoms with Gasteiger partial charge in [0.05, 0.1) is 39.2 Å². The first-order valence-electron chi connectivity index (χ1n) is 9.94. The molecule has 0 saturated carbocycles. The van der Waals surface area contributed by atoms with E-state index < -0.39 is 0 Å². The first-order valence-corrected chi connectivity index (χ1v) is 13.4. The zero-order valence-corrected chi connectivity index (χ0v) is 22.3. The third kappa shape index (κ3) is 7.16. The van der Waals surface area contributed by atoms with Crippen molar-refractivity contribution in [3.8, 4) is 0 Å². The molecule has 0 spiro atoms. The van der Waals surface area contributed by atoms with Gasteiger partial charge in [0, 0.05) is 0 Å². The van der Waals surface area contributed by atoms with Gasteiger partial charge in [0.25, 0.3) is 0 Å². The van der Waals surface area contributed by atoms with Crippen molar-refractivity contribution < 1.29 is 13.1 Å². The Morgan fingerprint density at radius 1 is 0.750 bits per heavy atom. The second-order valence-corrected chi connectivity index (χ2v) is 9.74. The molecular weight excluding hydrogens is 505 g/mol. The van der Waals surface area contributed by atoms with Gasteiger partial charge in [-0.1, -0.05) is 41.9 Å². The van der Waals surface area contributed by atoms with Gasteiger partial charge in [-0.3, -0.25) is 4.99 Å². The Morgan fingerprint density at radius 2 is 1.22 bits per heavy atom. The fourth-order valence-electron chi connectivity index (χ4n) is 3.32. The van der Waals surface area contributed by atoms with E-state index in [1.807, 2.05) is 52.0 Å². The summed E-state index contributed by atoms with van der Waals surface area (Å²) in [7, 11) is 9.53. The van der Waals surface area contributed by atoms with Crippen molar-refractivity contribution >= 4 is 54.6 Å². The molecule has 0 aliphatic rings. The Morgan fingerprint density at radius 3 is 1.72 bits per heavy atom. The SMILES string of the molecule is CC(=Nc1c(C)cccc1C)c1cccc(C(C)=Nc2c(C)cc(C)cc2Cl)n1.[Cl][Fe][Cl]. The Balaban J connectivity index is 0.00000114. The molecule has 0 saturated heterocycles. The van der Waals surface area contributed by atoms with Crippen LogP contribution in [-0.4, -0.2) is 16.4 Å². The maximum atomic E-state index is 6.42. The molecule has 3 aromatic rings. The summed E-state index contributed by atoms with van der Waals surface area (Å²) in [4.78, 5) is 14.4. The van der Waals surface area contributed by atoms with Crippen molar-refractivity contribution in [2.24, 2.45) is 9.98 Å². The van der Waals surface area contributed by atoms with Crippen molar-refractivity contribution in [3.05, 3.63) is 87.2 Å². The van der Waals surface area contributed by atoms with E-state index in [0.29, 0.717) is 5.02 Å². The molecule has 0 aliphatic carbocycles. The number of hydrogen-bond donors (Lipinski definition) is 0. The number of hydrogen-bond acceptors (Lipinski definition) is 3. The fraction of sp³-hybridized carbons (Fsp3) is 0.240. The summed E-state index contributed by atoms with van der Waals surface area (Å²) in [6.45, 7) is 12.2. The summed E-state index contributed by atoms with van der Waals surface area (Å²) in [5.74, 6) is 0. The van der Waals surface area contributed by atoms with Gasteiger partial charge < -0.3 is 0 Å². The van der Waals surface area contributed by atoms with Gasteiger partial charge in [0.15, 0.2) is 0 Å². The van der Waals surface area contributed by atoms with Crippen LogP contribution in [0.3, 0.4) is 0 Å². The van der Waals surface area contributed by atoms with E-state index in [1.54, 1.807) is 0 Å². The van der Waals surface area contributed by atoms with Crippen LogP contribution in [0.15, 0.2) is 58.5 Å². The minimum absolute atomic E-state index is 0.194. The Hall–Kier alpha value is -1.68. The maximum absolute atomic E-state index is 6.42. The molecule has 3 rings (SSSR count). The van der Waals surface area contributed by atoms with Crippen molar-refractivity contribution in [1.82, 2.24) is 4.98 Å². The van der Waals surface area contributed by atoms with Crippen LogP contribution in [-0.2, 0) is 13.1 Å². The number of aryl methyl sites for hydroxylation is 4. The predicted octanol–water partition coefficient (Wildman–Crippen LogP) is 8.63. The number of para-hydroxylation sites is 1. The molecule has 2 aromatic carbocycles. The molecule has 0 bridgehead atoms. The summed E-state index contributed by atoms with van der Waals surface area (Å²) in [6, 6.07) is 16.2. The van der Waals surface area contributed by atoms with E-state index in [9.17, 15) is 0 Å². The second-order valence-electron chi connectivity index (χ2n) is 7.51. The number of benzene rings is 2. The monoisotopic (exact) mass is 529 g/mol. The average Bonchev–Trinajstić information content (AvgIpc) is 2.74. The standard InChI is InChI=1S/C25H26ClN3.2ClH.Fe/c1-15-13-18(4)25(21(26)14-15)28-20(6)23-12-8-11-22(29-23)19(5)27-24-16(2)9-7-10-17(24)3;;;/h7-14H,1-6H3;2*1H;/q;;;+2/p-2. The van der Waals surface area contributed by atoms with Gasteiger partial charge in [0.1, 0.15) is 0 Å². The van der Waals surface area contributed by atoms with Gasteiger partial charge in [-0.2, -0.15) is 0 Å². The number of rotatable bonds is 4. The van der Waals surface area contributed by atoms with E-state index >= 15 is 0 Å². The molecule has 3 nitrogen and oxygen atoms in total. The van der Waals surface area contributed by atoms with Gasteiger partial charge >= 0.3 is 33.3 Å². The number of aromatic nitrogens is 1. The van der Waals surface area contributed by atoms with Crippen LogP contribution < -0.4 is 0 Å². The van der Waals surface area contributed by atoms with Crippen LogP contribution >= 0.6 is 31.8 Å². The number of nitrogens with zero attached hydrogens (tertiary/aromatic N) is 3. The van der Waals surface area contributed by atoms with E-state index in [1.165, 1.54) is 0 Å². The molecular formula is C25H26Cl3FeN3. The third-order valence-electron chi connectivity index (χ3n) is 4.89. The molecule has 0 N–H and O–H groups in total. The van der Waals surface area contributed by atoms with Gasteiger partial charge in [0.2, 0.25) is 0 Å². The van der Waals surface area contributed by atoms with Crippen LogP contribution in [0.4, 0.5) is 11.4 Å². The zero-order chi connectivity index (χ0) is 23.8. The van der Waals surface area contributed by atoms with Crippen molar-refractivity contribution in [2.45, 2.75) is 41.5 Å². The molecule has 170 valence electrons. The van der Waals surface area contributed by atoms with Crippen LogP contribution in [0, 0.1) is 27.7 Å². The van der Waals surface area contributed by atoms with Crippen LogP contribution in [0.25, 0.3) is 0 Å². The van der Waals surface area contributed by atoms with Crippen LogP contribution in [0.2, 0.25) is 5.02 Å². The molecule has 1 aromatic heterocycles. The van der Waals surface area contributed by atoms with Crippen molar-refractivity contribution in [1.29, 1.82) is 0 Å². The Labute approximate surface area is 210 Å².